The highest BCUT2D eigenvalue weighted by molar-refractivity contribution is 9.10. The van der Waals surface area contributed by atoms with Crippen LogP contribution in [0.5, 0.6) is 0 Å². The van der Waals surface area contributed by atoms with Gasteiger partial charge in [0.25, 0.3) is 0 Å². The number of rotatable bonds is 3. The van der Waals surface area contributed by atoms with E-state index in [-0.39, 0.29) is 0 Å². The van der Waals surface area contributed by atoms with Crippen molar-refractivity contribution in [2.24, 2.45) is 0 Å². The van der Waals surface area contributed by atoms with Crippen LogP contribution >= 0.6 is 15.9 Å². The van der Waals surface area contributed by atoms with Crippen LogP contribution in [-0.4, -0.2) is 36.1 Å². The molecule has 1 aliphatic heterocycles. The normalized spacial score (nSPS) is 16.1. The molecular formula is C16H19BrN4. The van der Waals surface area contributed by atoms with Crippen molar-refractivity contribution in [3.05, 3.63) is 52.8 Å². The molecule has 0 unspecified atom stereocenters. The predicted molar refractivity (Wildman–Crippen MR) is 90.3 cm³/mol. The molecule has 4 nitrogen and oxygen atoms in total. The summed E-state index contributed by atoms with van der Waals surface area (Å²) in [5.41, 5.74) is 9.32. The maximum atomic E-state index is 6.06. The van der Waals surface area contributed by atoms with Crippen LogP contribution in [-0.2, 0) is 6.54 Å². The summed E-state index contributed by atoms with van der Waals surface area (Å²) in [6, 6.07) is 10.2. The number of nitrogen functional groups attached to an aromatic ring is 1. The van der Waals surface area contributed by atoms with E-state index in [4.69, 9.17) is 5.73 Å². The SMILES string of the molecule is Nc1ccccc1N1CCN(Cc2cncc(Br)c2)CC1. The van der Waals surface area contributed by atoms with Gasteiger partial charge < -0.3 is 10.6 Å². The minimum absolute atomic E-state index is 0.863. The number of hydrogen-bond acceptors (Lipinski definition) is 4. The summed E-state index contributed by atoms with van der Waals surface area (Å²) in [5, 5.41) is 0. The standard InChI is InChI=1S/C16H19BrN4/c17-14-9-13(10-19-11-14)12-20-5-7-21(8-6-20)16-4-2-1-3-15(16)18/h1-4,9-11H,5-8,12,18H2. The van der Waals surface area contributed by atoms with Gasteiger partial charge in [-0.05, 0) is 39.7 Å². The second kappa shape index (κ2) is 6.45. The molecule has 0 radical (unpaired) electrons. The molecule has 2 heterocycles. The van der Waals surface area contributed by atoms with Crippen molar-refractivity contribution in [1.29, 1.82) is 0 Å². The number of anilines is 2. The summed E-state index contributed by atoms with van der Waals surface area (Å²) in [6.07, 6.45) is 3.76. The summed E-state index contributed by atoms with van der Waals surface area (Å²) in [5.74, 6) is 0. The van der Waals surface area contributed by atoms with Crippen molar-refractivity contribution in [1.82, 2.24) is 9.88 Å². The Labute approximate surface area is 133 Å². The number of nitrogens with zero attached hydrogens (tertiary/aromatic N) is 3. The van der Waals surface area contributed by atoms with E-state index in [1.165, 1.54) is 5.56 Å². The van der Waals surface area contributed by atoms with E-state index in [0.717, 1.165) is 48.6 Å². The number of halogens is 1. The van der Waals surface area contributed by atoms with E-state index in [9.17, 15) is 0 Å². The molecule has 1 aliphatic rings. The lowest BCUT2D eigenvalue weighted by Gasteiger charge is -2.36. The number of benzene rings is 1. The first-order chi connectivity index (χ1) is 10.2. The Morgan fingerprint density at radius 3 is 2.57 bits per heavy atom. The van der Waals surface area contributed by atoms with Crippen LogP contribution in [0.4, 0.5) is 11.4 Å². The van der Waals surface area contributed by atoms with Gasteiger partial charge in [-0.3, -0.25) is 9.88 Å². The molecule has 1 aromatic heterocycles. The largest absolute Gasteiger partial charge is 0.397 e. The van der Waals surface area contributed by atoms with Gasteiger partial charge in [0, 0.05) is 49.6 Å². The second-order valence-corrected chi connectivity index (χ2v) is 6.25. The van der Waals surface area contributed by atoms with Gasteiger partial charge in [-0.15, -0.1) is 0 Å². The van der Waals surface area contributed by atoms with Gasteiger partial charge in [0.15, 0.2) is 0 Å². The van der Waals surface area contributed by atoms with Crippen molar-refractivity contribution in [3.63, 3.8) is 0 Å². The third kappa shape index (κ3) is 3.54. The Kier molecular flexibility index (Phi) is 4.41. The predicted octanol–water partition coefficient (Wildman–Crippen LogP) is 2.75. The fourth-order valence-electron chi connectivity index (χ4n) is 2.72. The third-order valence-electron chi connectivity index (χ3n) is 3.82. The smallest absolute Gasteiger partial charge is 0.0600 e. The van der Waals surface area contributed by atoms with E-state index in [0.29, 0.717) is 0 Å². The molecule has 110 valence electrons. The van der Waals surface area contributed by atoms with Gasteiger partial charge in [-0.25, -0.2) is 0 Å². The molecule has 0 atom stereocenters. The highest BCUT2D eigenvalue weighted by atomic mass is 79.9. The molecule has 21 heavy (non-hydrogen) atoms. The lowest BCUT2D eigenvalue weighted by molar-refractivity contribution is 0.249. The van der Waals surface area contributed by atoms with Gasteiger partial charge >= 0.3 is 0 Å². The van der Waals surface area contributed by atoms with Crippen molar-refractivity contribution in [2.45, 2.75) is 6.54 Å². The number of aromatic nitrogens is 1. The van der Waals surface area contributed by atoms with Crippen molar-refractivity contribution >= 4 is 27.3 Å². The van der Waals surface area contributed by atoms with Crippen LogP contribution in [0, 0.1) is 0 Å². The highest BCUT2D eigenvalue weighted by Crippen LogP contribution is 2.24. The third-order valence-corrected chi connectivity index (χ3v) is 4.25. The van der Waals surface area contributed by atoms with Crippen LogP contribution in [0.25, 0.3) is 0 Å². The van der Waals surface area contributed by atoms with Gasteiger partial charge in [0.05, 0.1) is 11.4 Å². The van der Waals surface area contributed by atoms with Crippen molar-refractivity contribution < 1.29 is 0 Å². The van der Waals surface area contributed by atoms with Gasteiger partial charge in [-0.2, -0.15) is 0 Å². The van der Waals surface area contributed by atoms with E-state index in [2.05, 4.69) is 42.8 Å². The Morgan fingerprint density at radius 2 is 1.86 bits per heavy atom. The molecule has 0 bridgehead atoms. The number of nitrogens with two attached hydrogens (primary N) is 1. The summed E-state index contributed by atoms with van der Waals surface area (Å²) in [4.78, 5) is 9.05. The second-order valence-electron chi connectivity index (χ2n) is 5.33. The maximum absolute atomic E-state index is 6.06. The first kappa shape index (κ1) is 14.4. The molecule has 2 N–H and O–H groups in total. The zero-order chi connectivity index (χ0) is 14.7. The van der Waals surface area contributed by atoms with Crippen LogP contribution in [0.2, 0.25) is 0 Å². The number of piperazine rings is 1. The first-order valence-electron chi connectivity index (χ1n) is 7.13. The molecular weight excluding hydrogens is 328 g/mol. The number of hydrogen-bond donors (Lipinski definition) is 1. The maximum Gasteiger partial charge on any atom is 0.0600 e. The van der Waals surface area contributed by atoms with Crippen LogP contribution in [0.1, 0.15) is 5.56 Å². The zero-order valence-corrected chi connectivity index (χ0v) is 13.5. The van der Waals surface area contributed by atoms with Crippen LogP contribution < -0.4 is 10.6 Å². The summed E-state index contributed by atoms with van der Waals surface area (Å²) in [6.45, 7) is 5.05. The molecule has 1 aromatic carbocycles. The van der Waals surface area contributed by atoms with Crippen LogP contribution in [0.3, 0.4) is 0 Å². The molecule has 0 spiro atoms. The Balaban J connectivity index is 1.59. The molecule has 2 aromatic rings. The first-order valence-corrected chi connectivity index (χ1v) is 7.93. The van der Waals surface area contributed by atoms with Crippen LogP contribution in [0.15, 0.2) is 47.2 Å². The molecule has 0 saturated carbocycles. The molecule has 3 rings (SSSR count). The molecule has 0 aliphatic carbocycles. The Hall–Kier alpha value is -1.59. The fourth-order valence-corrected chi connectivity index (χ4v) is 3.14. The summed E-state index contributed by atoms with van der Waals surface area (Å²) >= 11 is 3.47. The lowest BCUT2D eigenvalue weighted by Crippen LogP contribution is -2.46. The minimum atomic E-state index is 0.863. The molecule has 1 fully saturated rings. The van der Waals surface area contributed by atoms with E-state index in [1.54, 1.807) is 0 Å². The molecule has 1 saturated heterocycles. The van der Waals surface area contributed by atoms with Crippen molar-refractivity contribution in [3.8, 4) is 0 Å². The average Bonchev–Trinajstić information content (AvgIpc) is 2.49. The lowest BCUT2D eigenvalue weighted by atomic mass is 10.2. The summed E-state index contributed by atoms with van der Waals surface area (Å²) < 4.78 is 1.04. The topological polar surface area (TPSA) is 45.4 Å². The number of pyridine rings is 1. The number of para-hydroxylation sites is 2. The van der Waals surface area contributed by atoms with E-state index >= 15 is 0 Å². The fraction of sp³-hybridized carbons (Fsp3) is 0.312. The molecule has 0 amide bonds. The van der Waals surface area contributed by atoms with Gasteiger partial charge in [0.2, 0.25) is 0 Å². The zero-order valence-electron chi connectivity index (χ0n) is 11.9. The summed E-state index contributed by atoms with van der Waals surface area (Å²) in [7, 11) is 0. The van der Waals surface area contributed by atoms with E-state index < -0.39 is 0 Å². The minimum Gasteiger partial charge on any atom is -0.397 e. The Morgan fingerprint density at radius 1 is 1.10 bits per heavy atom. The quantitative estimate of drug-likeness (QED) is 0.868. The van der Waals surface area contributed by atoms with Crippen molar-refractivity contribution in [2.75, 3.05) is 36.8 Å². The highest BCUT2D eigenvalue weighted by Gasteiger charge is 2.18. The molecule has 5 heteroatoms. The monoisotopic (exact) mass is 346 g/mol. The van der Waals surface area contributed by atoms with E-state index in [1.807, 2.05) is 30.6 Å². The average molecular weight is 347 g/mol. The van der Waals surface area contributed by atoms with Gasteiger partial charge in [0.1, 0.15) is 0 Å². The van der Waals surface area contributed by atoms with Gasteiger partial charge in [-0.1, -0.05) is 12.1 Å². The Bertz CT molecular complexity index is 609.